The summed E-state index contributed by atoms with van der Waals surface area (Å²) in [7, 11) is 0. The number of aromatic carboxylic acids is 1. The number of aliphatic hydroxyl groups is 1. The maximum Gasteiger partial charge on any atom is 0.356 e. The highest BCUT2D eigenvalue weighted by atomic mass is 16.5. The van der Waals surface area contributed by atoms with Crippen LogP contribution in [0.25, 0.3) is 0 Å². The van der Waals surface area contributed by atoms with Gasteiger partial charge >= 0.3 is 5.97 Å². The van der Waals surface area contributed by atoms with Crippen molar-refractivity contribution in [2.45, 2.75) is 37.9 Å². The van der Waals surface area contributed by atoms with Gasteiger partial charge in [0.1, 0.15) is 17.5 Å². The van der Waals surface area contributed by atoms with Gasteiger partial charge in [0.15, 0.2) is 5.69 Å². The van der Waals surface area contributed by atoms with Crippen LogP contribution in [0, 0.1) is 0 Å². The number of rotatable bonds is 5. The molecule has 3 rings (SSSR count). The molecule has 1 aromatic carbocycles. The summed E-state index contributed by atoms with van der Waals surface area (Å²) in [6.45, 7) is 0. The second-order valence-electron chi connectivity index (χ2n) is 6.08. The van der Waals surface area contributed by atoms with E-state index < -0.39 is 18.0 Å². The highest BCUT2D eigenvalue weighted by molar-refractivity contribution is 6.02. The zero-order valence-electron chi connectivity index (χ0n) is 14.0. The Hall–Kier alpha value is -3.00. The van der Waals surface area contributed by atoms with E-state index in [9.17, 15) is 14.7 Å². The quantitative estimate of drug-likeness (QED) is 0.749. The van der Waals surface area contributed by atoms with Gasteiger partial charge in [-0.15, -0.1) is 0 Å². The van der Waals surface area contributed by atoms with Gasteiger partial charge in [0.2, 0.25) is 0 Å². The molecule has 0 saturated heterocycles. The maximum atomic E-state index is 12.1. The van der Waals surface area contributed by atoms with Crippen molar-refractivity contribution in [3.63, 3.8) is 0 Å². The molecule has 1 aliphatic rings. The second-order valence-corrected chi connectivity index (χ2v) is 6.08. The minimum absolute atomic E-state index is 0.0145. The van der Waals surface area contributed by atoms with Crippen LogP contribution < -0.4 is 10.1 Å². The molecule has 2 aromatic rings. The van der Waals surface area contributed by atoms with Crippen LogP contribution in [-0.2, 0) is 0 Å². The minimum atomic E-state index is -1.21. The Morgan fingerprint density at radius 3 is 2.31 bits per heavy atom. The molecule has 2 atom stereocenters. The number of anilines is 1. The lowest BCUT2D eigenvalue weighted by atomic mass is 9.95. The average Bonchev–Trinajstić information content (AvgIpc) is 2.65. The Kier molecular flexibility index (Phi) is 5.43. The number of amides is 1. The smallest absolute Gasteiger partial charge is 0.356 e. The first-order valence-electron chi connectivity index (χ1n) is 8.34. The van der Waals surface area contributed by atoms with E-state index in [0.717, 1.165) is 38.1 Å². The molecule has 1 amide bonds. The number of carbonyl (C=O) groups is 2. The van der Waals surface area contributed by atoms with Crippen molar-refractivity contribution in [1.29, 1.82) is 0 Å². The Labute approximate surface area is 149 Å². The normalized spacial score (nSPS) is 19.6. The summed E-state index contributed by atoms with van der Waals surface area (Å²) in [5.74, 6) is -1.08. The van der Waals surface area contributed by atoms with Crippen molar-refractivity contribution < 1.29 is 24.5 Å². The van der Waals surface area contributed by atoms with Gasteiger partial charge in [-0.25, -0.2) is 14.8 Å². The van der Waals surface area contributed by atoms with Crippen LogP contribution in [0.5, 0.6) is 5.75 Å². The maximum absolute atomic E-state index is 12.1. The molecule has 1 heterocycles. The summed E-state index contributed by atoms with van der Waals surface area (Å²) in [5.41, 5.74) is 0.323. The number of aromatic nitrogens is 2. The van der Waals surface area contributed by atoms with Gasteiger partial charge < -0.3 is 20.3 Å². The molecule has 8 nitrogen and oxygen atoms in total. The summed E-state index contributed by atoms with van der Waals surface area (Å²) in [6.07, 6.45) is 5.12. The van der Waals surface area contributed by atoms with E-state index in [1.165, 1.54) is 0 Å². The molecule has 136 valence electrons. The fraction of sp³-hybridized carbons (Fsp3) is 0.333. The van der Waals surface area contributed by atoms with Crippen molar-refractivity contribution in [2.75, 3.05) is 5.32 Å². The summed E-state index contributed by atoms with van der Waals surface area (Å²) in [4.78, 5) is 30.3. The highest BCUT2D eigenvalue weighted by Crippen LogP contribution is 2.25. The number of ether oxygens (including phenoxy) is 1. The van der Waals surface area contributed by atoms with Crippen molar-refractivity contribution >= 4 is 17.6 Å². The van der Waals surface area contributed by atoms with Crippen LogP contribution in [-0.4, -0.2) is 44.3 Å². The van der Waals surface area contributed by atoms with Crippen molar-refractivity contribution in [1.82, 2.24) is 9.97 Å². The molecule has 0 radical (unpaired) electrons. The van der Waals surface area contributed by atoms with E-state index in [1.54, 1.807) is 24.3 Å². The molecule has 26 heavy (non-hydrogen) atoms. The molecule has 0 bridgehead atoms. The Bertz CT molecular complexity index is 776. The van der Waals surface area contributed by atoms with E-state index >= 15 is 0 Å². The number of aliphatic hydroxyl groups excluding tert-OH is 1. The van der Waals surface area contributed by atoms with Gasteiger partial charge in [-0.05, 0) is 43.5 Å². The summed E-state index contributed by atoms with van der Waals surface area (Å²) in [6, 6.07) is 6.80. The Balaban J connectivity index is 1.59. The largest absolute Gasteiger partial charge is 0.488 e. The third-order valence-corrected chi connectivity index (χ3v) is 4.17. The number of carboxylic acids is 1. The molecule has 1 saturated carbocycles. The topological polar surface area (TPSA) is 122 Å². The Morgan fingerprint density at radius 2 is 1.69 bits per heavy atom. The van der Waals surface area contributed by atoms with Crippen LogP contribution >= 0.6 is 0 Å². The summed E-state index contributed by atoms with van der Waals surface area (Å²) in [5, 5.41) is 21.4. The SMILES string of the molecule is O=C(O)c1cnc(C(=O)Nc2ccc(OC3CCCCC3O)cc2)cn1. The third-order valence-electron chi connectivity index (χ3n) is 4.17. The van der Waals surface area contributed by atoms with Gasteiger partial charge in [-0.3, -0.25) is 4.79 Å². The van der Waals surface area contributed by atoms with E-state index in [4.69, 9.17) is 9.84 Å². The summed E-state index contributed by atoms with van der Waals surface area (Å²) < 4.78 is 5.81. The van der Waals surface area contributed by atoms with E-state index in [1.807, 2.05) is 0 Å². The third kappa shape index (κ3) is 4.34. The molecule has 0 spiro atoms. The fourth-order valence-electron chi connectivity index (χ4n) is 2.76. The second kappa shape index (κ2) is 7.92. The zero-order chi connectivity index (χ0) is 18.5. The van der Waals surface area contributed by atoms with Crippen molar-refractivity contribution in [3.05, 3.63) is 48.0 Å². The van der Waals surface area contributed by atoms with Gasteiger partial charge in [0.05, 0.1) is 18.5 Å². The molecular formula is C18H19N3O5. The van der Waals surface area contributed by atoms with Gasteiger partial charge in [-0.2, -0.15) is 0 Å². The standard InChI is InChI=1S/C18H19N3O5/c22-15-3-1-2-4-16(15)26-12-7-5-11(6-8-12)21-17(23)13-9-20-14(10-19-13)18(24)25/h5-10,15-16,22H,1-4H2,(H,21,23)(H,24,25). The first-order valence-corrected chi connectivity index (χ1v) is 8.34. The number of carboxylic acid groups (broad SMARTS) is 1. The molecule has 2 unspecified atom stereocenters. The number of nitrogens with one attached hydrogen (secondary N) is 1. The monoisotopic (exact) mass is 357 g/mol. The van der Waals surface area contributed by atoms with Crippen LogP contribution in [0.1, 0.15) is 46.7 Å². The van der Waals surface area contributed by atoms with E-state index in [-0.39, 0.29) is 17.5 Å². The van der Waals surface area contributed by atoms with Gasteiger partial charge in [0, 0.05) is 5.69 Å². The lowest BCUT2D eigenvalue weighted by Gasteiger charge is -2.28. The number of nitrogens with zero attached hydrogens (tertiary/aromatic N) is 2. The van der Waals surface area contributed by atoms with Gasteiger partial charge in [0.25, 0.3) is 5.91 Å². The number of hydrogen-bond acceptors (Lipinski definition) is 6. The molecule has 0 aliphatic heterocycles. The fourth-order valence-corrected chi connectivity index (χ4v) is 2.76. The van der Waals surface area contributed by atoms with Crippen molar-refractivity contribution in [3.8, 4) is 5.75 Å². The van der Waals surface area contributed by atoms with Crippen LogP contribution in [0.15, 0.2) is 36.7 Å². The zero-order valence-corrected chi connectivity index (χ0v) is 14.0. The van der Waals surface area contributed by atoms with Crippen LogP contribution in [0.3, 0.4) is 0 Å². The molecule has 1 aromatic heterocycles. The predicted molar refractivity (Wildman–Crippen MR) is 92.3 cm³/mol. The number of carbonyl (C=O) groups excluding carboxylic acids is 1. The van der Waals surface area contributed by atoms with E-state index in [0.29, 0.717) is 11.4 Å². The van der Waals surface area contributed by atoms with Crippen LogP contribution in [0.2, 0.25) is 0 Å². The highest BCUT2D eigenvalue weighted by Gasteiger charge is 2.24. The molecule has 1 aliphatic carbocycles. The number of benzene rings is 1. The number of hydrogen-bond donors (Lipinski definition) is 3. The lowest BCUT2D eigenvalue weighted by molar-refractivity contribution is 0.00688. The predicted octanol–water partition coefficient (Wildman–Crippen LogP) is 2.11. The Morgan fingerprint density at radius 1 is 1.04 bits per heavy atom. The first-order chi connectivity index (χ1) is 12.5. The van der Waals surface area contributed by atoms with Crippen LogP contribution in [0.4, 0.5) is 5.69 Å². The minimum Gasteiger partial charge on any atom is -0.488 e. The molecule has 8 heteroatoms. The van der Waals surface area contributed by atoms with E-state index in [2.05, 4.69) is 15.3 Å². The molecule has 1 fully saturated rings. The lowest BCUT2D eigenvalue weighted by Crippen LogP contribution is -2.34. The molecule has 3 N–H and O–H groups in total. The average molecular weight is 357 g/mol. The molecular weight excluding hydrogens is 338 g/mol. The van der Waals surface area contributed by atoms with Crippen molar-refractivity contribution in [2.24, 2.45) is 0 Å². The summed E-state index contributed by atoms with van der Waals surface area (Å²) >= 11 is 0. The van der Waals surface area contributed by atoms with Gasteiger partial charge in [-0.1, -0.05) is 6.42 Å². The first kappa shape index (κ1) is 17.8.